The molecule has 1 atom stereocenters. The summed E-state index contributed by atoms with van der Waals surface area (Å²) in [6.07, 6.45) is 6.70. The molecule has 1 aliphatic heterocycles. The third-order valence-corrected chi connectivity index (χ3v) is 5.57. The normalized spacial score (nSPS) is 16.4. The van der Waals surface area contributed by atoms with Crippen molar-refractivity contribution in [2.75, 3.05) is 24.6 Å². The number of furan rings is 1. The van der Waals surface area contributed by atoms with Gasteiger partial charge in [-0.15, -0.1) is 0 Å². The molecule has 1 saturated heterocycles. The number of hydrogen-bond donors (Lipinski definition) is 0. The second-order valence-corrected chi connectivity index (χ2v) is 7.51. The van der Waals surface area contributed by atoms with Crippen molar-refractivity contribution in [3.63, 3.8) is 0 Å². The van der Waals surface area contributed by atoms with Gasteiger partial charge in [-0.1, -0.05) is 24.3 Å². The van der Waals surface area contributed by atoms with E-state index in [0.29, 0.717) is 31.3 Å². The maximum Gasteiger partial charge on any atom is 0.255 e. The third kappa shape index (κ3) is 3.87. The molecule has 0 N–H and O–H groups in total. The number of nitrogens with zero attached hydrogens (tertiary/aromatic N) is 4. The van der Waals surface area contributed by atoms with E-state index in [0.717, 1.165) is 22.3 Å². The molecule has 0 saturated carbocycles. The molecule has 0 spiro atoms. The number of hydrogen-bond acceptors (Lipinski definition) is 6. The van der Waals surface area contributed by atoms with Crippen molar-refractivity contribution in [3.05, 3.63) is 89.4 Å². The fourth-order valence-corrected chi connectivity index (χ4v) is 3.83. The van der Waals surface area contributed by atoms with Gasteiger partial charge in [0.05, 0.1) is 31.4 Å². The molecule has 31 heavy (non-hydrogen) atoms. The second-order valence-electron chi connectivity index (χ2n) is 7.51. The number of aromatic nitrogens is 3. The third-order valence-electron chi connectivity index (χ3n) is 5.57. The summed E-state index contributed by atoms with van der Waals surface area (Å²) < 4.78 is 12.8. The van der Waals surface area contributed by atoms with E-state index in [9.17, 15) is 4.79 Å². The van der Waals surface area contributed by atoms with Crippen molar-refractivity contribution < 1.29 is 9.15 Å². The van der Waals surface area contributed by atoms with Gasteiger partial charge in [-0.3, -0.25) is 14.3 Å². The standard InChI is InChI=1S/C24H22N4O3/c1-27-23(29)14-21(18-6-9-25-10-7-18)26-24(27)28-11-13-31-22(15-28)19-4-2-17(3-5-19)20-8-12-30-16-20/h2-10,12,14,16,22H,11,13,15H2,1H3. The van der Waals surface area contributed by atoms with Gasteiger partial charge in [-0.25, -0.2) is 4.98 Å². The first-order valence-electron chi connectivity index (χ1n) is 10.2. The monoisotopic (exact) mass is 414 g/mol. The predicted octanol–water partition coefficient (Wildman–Crippen LogP) is 3.68. The van der Waals surface area contributed by atoms with Crippen LogP contribution in [0.15, 0.2) is 82.7 Å². The summed E-state index contributed by atoms with van der Waals surface area (Å²) in [5.74, 6) is 0.641. The lowest BCUT2D eigenvalue weighted by molar-refractivity contribution is 0.0390. The van der Waals surface area contributed by atoms with E-state index < -0.39 is 0 Å². The molecule has 3 aromatic heterocycles. The fourth-order valence-electron chi connectivity index (χ4n) is 3.83. The predicted molar refractivity (Wildman–Crippen MR) is 118 cm³/mol. The molecule has 1 unspecified atom stereocenters. The molecular formula is C24H22N4O3. The SMILES string of the molecule is Cn1c(N2CCOC(c3ccc(-c4ccoc4)cc3)C2)nc(-c2ccncc2)cc1=O. The molecule has 0 bridgehead atoms. The summed E-state index contributed by atoms with van der Waals surface area (Å²) in [5, 5.41) is 0. The van der Waals surface area contributed by atoms with Crippen molar-refractivity contribution in [2.24, 2.45) is 7.05 Å². The van der Waals surface area contributed by atoms with Gasteiger partial charge in [0.1, 0.15) is 6.10 Å². The largest absolute Gasteiger partial charge is 0.472 e. The van der Waals surface area contributed by atoms with Gasteiger partial charge < -0.3 is 14.1 Å². The number of anilines is 1. The highest BCUT2D eigenvalue weighted by molar-refractivity contribution is 5.62. The number of benzene rings is 1. The Morgan fingerprint density at radius 2 is 1.81 bits per heavy atom. The van der Waals surface area contributed by atoms with Crippen LogP contribution < -0.4 is 10.5 Å². The summed E-state index contributed by atoms with van der Waals surface area (Å²) >= 11 is 0. The molecule has 1 aliphatic rings. The Kier molecular flexibility index (Phi) is 5.09. The molecule has 0 radical (unpaired) electrons. The maximum atomic E-state index is 12.6. The van der Waals surface area contributed by atoms with E-state index >= 15 is 0 Å². The van der Waals surface area contributed by atoms with Crippen molar-refractivity contribution in [2.45, 2.75) is 6.10 Å². The second kappa shape index (κ2) is 8.20. The summed E-state index contributed by atoms with van der Waals surface area (Å²) in [4.78, 5) is 23.6. The van der Waals surface area contributed by atoms with Crippen LogP contribution in [0.5, 0.6) is 0 Å². The van der Waals surface area contributed by atoms with E-state index in [1.165, 1.54) is 0 Å². The van der Waals surface area contributed by atoms with Crippen molar-refractivity contribution >= 4 is 5.95 Å². The van der Waals surface area contributed by atoms with Gasteiger partial charge in [0, 0.05) is 43.2 Å². The zero-order valence-corrected chi connectivity index (χ0v) is 17.1. The van der Waals surface area contributed by atoms with Crippen molar-refractivity contribution in [1.82, 2.24) is 14.5 Å². The number of pyridine rings is 1. The lowest BCUT2D eigenvalue weighted by atomic mass is 10.0. The van der Waals surface area contributed by atoms with Crippen LogP contribution in [0.1, 0.15) is 11.7 Å². The summed E-state index contributed by atoms with van der Waals surface area (Å²) in [6.45, 7) is 1.85. The first-order chi connectivity index (χ1) is 15.2. The van der Waals surface area contributed by atoms with Gasteiger partial charge in [0.25, 0.3) is 5.56 Å². The zero-order chi connectivity index (χ0) is 21.2. The summed E-state index contributed by atoms with van der Waals surface area (Å²) in [7, 11) is 1.76. The smallest absolute Gasteiger partial charge is 0.255 e. The van der Waals surface area contributed by atoms with Gasteiger partial charge in [0.15, 0.2) is 0 Å². The minimum absolute atomic E-state index is 0.0932. The van der Waals surface area contributed by atoms with E-state index in [2.05, 4.69) is 34.1 Å². The fraction of sp³-hybridized carbons (Fsp3) is 0.208. The Morgan fingerprint density at radius 1 is 1.00 bits per heavy atom. The van der Waals surface area contributed by atoms with Crippen LogP contribution >= 0.6 is 0 Å². The maximum absolute atomic E-state index is 12.6. The van der Waals surface area contributed by atoms with Crippen molar-refractivity contribution in [3.8, 4) is 22.4 Å². The number of ether oxygens (including phenoxy) is 1. The van der Waals surface area contributed by atoms with E-state index in [1.807, 2.05) is 18.2 Å². The van der Waals surface area contributed by atoms with Crippen LogP contribution in [0.4, 0.5) is 5.95 Å². The molecule has 4 heterocycles. The molecule has 7 nitrogen and oxygen atoms in total. The quantitative estimate of drug-likeness (QED) is 0.507. The van der Waals surface area contributed by atoms with Gasteiger partial charge in [-0.2, -0.15) is 0 Å². The van der Waals surface area contributed by atoms with Crippen molar-refractivity contribution in [1.29, 1.82) is 0 Å². The molecule has 4 aromatic rings. The van der Waals surface area contributed by atoms with Gasteiger partial charge >= 0.3 is 0 Å². The Labute approximate surface area is 179 Å². The zero-order valence-electron chi connectivity index (χ0n) is 17.1. The first-order valence-corrected chi connectivity index (χ1v) is 10.2. The van der Waals surface area contributed by atoms with E-state index in [4.69, 9.17) is 14.1 Å². The number of rotatable bonds is 4. The highest BCUT2D eigenvalue weighted by Gasteiger charge is 2.25. The van der Waals surface area contributed by atoms with Crippen LogP contribution in [0.3, 0.4) is 0 Å². The molecule has 5 rings (SSSR count). The Bertz CT molecular complexity index is 1220. The average Bonchev–Trinajstić information content (AvgIpc) is 3.37. The number of morpholine rings is 1. The molecule has 0 amide bonds. The molecular weight excluding hydrogens is 392 g/mol. The molecule has 1 aromatic carbocycles. The van der Waals surface area contributed by atoms with Crippen LogP contribution in [0.25, 0.3) is 22.4 Å². The van der Waals surface area contributed by atoms with E-state index in [-0.39, 0.29) is 11.7 Å². The topological polar surface area (TPSA) is 73.4 Å². The van der Waals surface area contributed by atoms with Gasteiger partial charge in [0.2, 0.25) is 5.95 Å². The van der Waals surface area contributed by atoms with Gasteiger partial charge in [-0.05, 0) is 29.3 Å². The molecule has 156 valence electrons. The van der Waals surface area contributed by atoms with Crippen LogP contribution in [-0.4, -0.2) is 34.2 Å². The first kappa shape index (κ1) is 19.3. The minimum Gasteiger partial charge on any atom is -0.472 e. The average molecular weight is 414 g/mol. The lowest BCUT2D eigenvalue weighted by Gasteiger charge is -2.34. The molecule has 0 aliphatic carbocycles. The Hall–Kier alpha value is -3.71. The highest BCUT2D eigenvalue weighted by atomic mass is 16.5. The highest BCUT2D eigenvalue weighted by Crippen LogP contribution is 2.28. The van der Waals surface area contributed by atoms with Crippen LogP contribution in [0, 0.1) is 0 Å². The molecule has 7 heteroatoms. The van der Waals surface area contributed by atoms with Crippen LogP contribution in [-0.2, 0) is 11.8 Å². The summed E-state index contributed by atoms with van der Waals surface area (Å²) in [5.41, 5.74) is 4.65. The lowest BCUT2D eigenvalue weighted by Crippen LogP contribution is -2.41. The molecule has 1 fully saturated rings. The minimum atomic E-state index is -0.103. The van der Waals surface area contributed by atoms with E-state index in [1.54, 1.807) is 42.6 Å². The Morgan fingerprint density at radius 3 is 2.55 bits per heavy atom. The summed E-state index contributed by atoms with van der Waals surface area (Å²) in [6, 6.07) is 15.5. The van der Waals surface area contributed by atoms with Crippen LogP contribution in [0.2, 0.25) is 0 Å². The Balaban J connectivity index is 1.42.